The molecule has 1 amide bonds. The molecule has 1 unspecified atom stereocenters. The fraction of sp³-hybridized carbons (Fsp3) is 0.533. The van der Waals surface area contributed by atoms with E-state index in [0.717, 1.165) is 22.4 Å². The Hall–Kier alpha value is -1.35. The predicted molar refractivity (Wildman–Crippen MR) is 74.6 cm³/mol. The van der Waals surface area contributed by atoms with Gasteiger partial charge in [0.15, 0.2) is 0 Å². The molecule has 1 aromatic rings. The van der Waals surface area contributed by atoms with Gasteiger partial charge in [-0.05, 0) is 43.4 Å². The summed E-state index contributed by atoms with van der Waals surface area (Å²) in [5.41, 5.74) is 10.00. The average molecular weight is 246 g/mol. The van der Waals surface area contributed by atoms with Crippen molar-refractivity contribution in [2.45, 2.75) is 46.1 Å². The molecule has 0 fully saturated rings. The molecule has 1 aromatic carbocycles. The van der Waals surface area contributed by atoms with Crippen LogP contribution in [0, 0.1) is 12.8 Å². The molecule has 1 heterocycles. The molecule has 2 rings (SSSR count). The summed E-state index contributed by atoms with van der Waals surface area (Å²) in [5, 5.41) is 2.97. The number of hydrogen-bond acceptors (Lipinski definition) is 2. The van der Waals surface area contributed by atoms with Crippen LogP contribution in [0.1, 0.15) is 50.4 Å². The van der Waals surface area contributed by atoms with Gasteiger partial charge in [0.25, 0.3) is 0 Å². The van der Waals surface area contributed by atoms with Crippen molar-refractivity contribution in [2.24, 2.45) is 11.7 Å². The van der Waals surface area contributed by atoms with Crippen molar-refractivity contribution in [1.29, 1.82) is 0 Å². The summed E-state index contributed by atoms with van der Waals surface area (Å²) in [6.45, 7) is 10.2. The smallest absolute Gasteiger partial charge is 0.234 e. The number of hydrogen-bond donors (Lipinski definition) is 2. The summed E-state index contributed by atoms with van der Waals surface area (Å²) in [7, 11) is 0. The van der Waals surface area contributed by atoms with Gasteiger partial charge in [-0.3, -0.25) is 4.79 Å². The third-order valence-corrected chi connectivity index (χ3v) is 3.94. The van der Waals surface area contributed by atoms with Crippen LogP contribution in [-0.2, 0) is 10.2 Å². The van der Waals surface area contributed by atoms with Crippen LogP contribution in [0.4, 0.5) is 5.69 Å². The lowest BCUT2D eigenvalue weighted by Gasteiger charge is -2.21. The Bertz CT molecular complexity index is 503. The number of aryl methyl sites for hydroxylation is 1. The number of amides is 1. The van der Waals surface area contributed by atoms with Crippen LogP contribution >= 0.6 is 0 Å². The maximum Gasteiger partial charge on any atom is 0.234 e. The maximum absolute atomic E-state index is 12.0. The Balaban J connectivity index is 2.56. The molecule has 0 aliphatic carbocycles. The van der Waals surface area contributed by atoms with Gasteiger partial charge < -0.3 is 11.1 Å². The number of nitrogens with one attached hydrogen (secondary N) is 1. The van der Waals surface area contributed by atoms with Crippen LogP contribution in [0.15, 0.2) is 12.1 Å². The van der Waals surface area contributed by atoms with Gasteiger partial charge in [-0.25, -0.2) is 0 Å². The number of fused-ring (bicyclic) bond motifs is 1. The second-order valence-electron chi connectivity index (χ2n) is 6.11. The summed E-state index contributed by atoms with van der Waals surface area (Å²) in [6, 6.07) is 4.19. The van der Waals surface area contributed by atoms with Crippen LogP contribution in [-0.4, -0.2) is 5.91 Å². The van der Waals surface area contributed by atoms with E-state index in [1.54, 1.807) is 0 Å². The molecule has 98 valence electrons. The lowest BCUT2D eigenvalue weighted by atomic mass is 9.83. The van der Waals surface area contributed by atoms with Gasteiger partial charge in [0.1, 0.15) is 0 Å². The number of anilines is 1. The third-order valence-electron chi connectivity index (χ3n) is 3.94. The van der Waals surface area contributed by atoms with E-state index in [-0.39, 0.29) is 11.9 Å². The standard InChI is InChI=1S/C15H22N2O/c1-8(2)12(16)10-6-9(3)13-11(7-10)15(4,5)14(18)17-13/h6-8,12H,16H2,1-5H3,(H,17,18). The Morgan fingerprint density at radius 2 is 1.89 bits per heavy atom. The van der Waals surface area contributed by atoms with Crippen LogP contribution in [0.5, 0.6) is 0 Å². The van der Waals surface area contributed by atoms with Gasteiger partial charge in [0, 0.05) is 11.7 Å². The Morgan fingerprint density at radius 3 is 2.44 bits per heavy atom. The van der Waals surface area contributed by atoms with Gasteiger partial charge in [0.2, 0.25) is 5.91 Å². The monoisotopic (exact) mass is 246 g/mol. The summed E-state index contributed by atoms with van der Waals surface area (Å²) >= 11 is 0. The van der Waals surface area contributed by atoms with Crippen molar-refractivity contribution in [1.82, 2.24) is 0 Å². The van der Waals surface area contributed by atoms with Crippen molar-refractivity contribution in [2.75, 3.05) is 5.32 Å². The second-order valence-corrected chi connectivity index (χ2v) is 6.11. The van der Waals surface area contributed by atoms with E-state index in [1.807, 2.05) is 20.8 Å². The SMILES string of the molecule is Cc1cc(C(N)C(C)C)cc2c1NC(=O)C2(C)C. The molecular formula is C15H22N2O. The van der Waals surface area contributed by atoms with E-state index in [0.29, 0.717) is 5.92 Å². The number of carbonyl (C=O) groups excluding carboxylic acids is 1. The highest BCUT2D eigenvalue weighted by atomic mass is 16.2. The van der Waals surface area contributed by atoms with Crippen molar-refractivity contribution >= 4 is 11.6 Å². The number of benzene rings is 1. The Morgan fingerprint density at radius 1 is 1.28 bits per heavy atom. The maximum atomic E-state index is 12.0. The molecule has 18 heavy (non-hydrogen) atoms. The molecule has 3 N–H and O–H groups in total. The largest absolute Gasteiger partial charge is 0.325 e. The van der Waals surface area contributed by atoms with Crippen LogP contribution in [0.2, 0.25) is 0 Å². The molecule has 1 aliphatic heterocycles. The summed E-state index contributed by atoms with van der Waals surface area (Å²) in [4.78, 5) is 12.0. The molecule has 0 aromatic heterocycles. The second kappa shape index (κ2) is 4.09. The summed E-state index contributed by atoms with van der Waals surface area (Å²) < 4.78 is 0. The van der Waals surface area contributed by atoms with Crippen LogP contribution < -0.4 is 11.1 Å². The molecule has 0 saturated carbocycles. The van der Waals surface area contributed by atoms with Gasteiger partial charge in [-0.1, -0.05) is 26.0 Å². The number of nitrogens with two attached hydrogens (primary N) is 1. The molecule has 1 atom stereocenters. The van der Waals surface area contributed by atoms with Gasteiger partial charge in [-0.15, -0.1) is 0 Å². The molecule has 0 spiro atoms. The summed E-state index contributed by atoms with van der Waals surface area (Å²) in [6.07, 6.45) is 0. The first kappa shape index (κ1) is 13.1. The minimum absolute atomic E-state index is 0.0144. The van der Waals surface area contributed by atoms with E-state index >= 15 is 0 Å². The van der Waals surface area contributed by atoms with Crippen molar-refractivity contribution in [3.05, 3.63) is 28.8 Å². The van der Waals surface area contributed by atoms with Crippen molar-refractivity contribution < 1.29 is 4.79 Å². The van der Waals surface area contributed by atoms with E-state index in [9.17, 15) is 4.79 Å². The first-order valence-electron chi connectivity index (χ1n) is 6.47. The number of rotatable bonds is 2. The number of carbonyl (C=O) groups is 1. The molecule has 3 heteroatoms. The highest BCUT2D eigenvalue weighted by molar-refractivity contribution is 6.06. The summed E-state index contributed by atoms with van der Waals surface area (Å²) in [5.74, 6) is 0.450. The molecule has 0 bridgehead atoms. The normalized spacial score (nSPS) is 18.7. The molecular weight excluding hydrogens is 224 g/mol. The van der Waals surface area contributed by atoms with Crippen molar-refractivity contribution in [3.8, 4) is 0 Å². The third kappa shape index (κ3) is 1.83. The first-order valence-corrected chi connectivity index (χ1v) is 6.47. The van der Waals surface area contributed by atoms with Crippen LogP contribution in [0.3, 0.4) is 0 Å². The fourth-order valence-electron chi connectivity index (χ4n) is 2.44. The zero-order valence-corrected chi connectivity index (χ0v) is 11.8. The first-order chi connectivity index (χ1) is 8.25. The Labute approximate surface area is 109 Å². The lowest BCUT2D eigenvalue weighted by Crippen LogP contribution is -2.27. The van der Waals surface area contributed by atoms with Crippen LogP contribution in [0.25, 0.3) is 0 Å². The minimum Gasteiger partial charge on any atom is -0.325 e. The molecule has 3 nitrogen and oxygen atoms in total. The van der Waals surface area contributed by atoms with E-state index in [2.05, 4.69) is 31.3 Å². The minimum atomic E-state index is -0.465. The topological polar surface area (TPSA) is 55.1 Å². The lowest BCUT2D eigenvalue weighted by molar-refractivity contribution is -0.119. The van der Waals surface area contributed by atoms with E-state index in [1.165, 1.54) is 0 Å². The van der Waals surface area contributed by atoms with E-state index in [4.69, 9.17) is 5.73 Å². The van der Waals surface area contributed by atoms with E-state index < -0.39 is 5.41 Å². The van der Waals surface area contributed by atoms with Gasteiger partial charge in [-0.2, -0.15) is 0 Å². The molecule has 0 saturated heterocycles. The van der Waals surface area contributed by atoms with Crippen molar-refractivity contribution in [3.63, 3.8) is 0 Å². The van der Waals surface area contributed by atoms with Gasteiger partial charge in [0.05, 0.1) is 5.41 Å². The van der Waals surface area contributed by atoms with Gasteiger partial charge >= 0.3 is 0 Å². The quantitative estimate of drug-likeness (QED) is 0.843. The zero-order chi connectivity index (χ0) is 13.7. The highest BCUT2D eigenvalue weighted by Crippen LogP contribution is 2.41. The Kier molecular flexibility index (Phi) is 2.98. The predicted octanol–water partition coefficient (Wildman–Crippen LogP) is 2.88. The highest BCUT2D eigenvalue weighted by Gasteiger charge is 2.39. The fourth-order valence-corrected chi connectivity index (χ4v) is 2.44. The molecule has 1 aliphatic rings. The molecule has 0 radical (unpaired) electrons. The zero-order valence-electron chi connectivity index (χ0n) is 11.8. The average Bonchev–Trinajstić information content (AvgIpc) is 2.51.